The molecule has 0 aliphatic heterocycles. The average Bonchev–Trinajstić information content (AvgIpc) is 2.10. The Labute approximate surface area is 60.8 Å². The molecule has 0 aliphatic carbocycles. The van der Waals surface area contributed by atoms with Gasteiger partial charge in [-0.15, -0.1) is 0 Å². The van der Waals surface area contributed by atoms with Gasteiger partial charge >= 0.3 is 0 Å². The van der Waals surface area contributed by atoms with Gasteiger partial charge in [0.15, 0.2) is 0 Å². The molecule has 4 heteroatoms. The lowest BCUT2D eigenvalue weighted by atomic mass is 10.7. The highest BCUT2D eigenvalue weighted by Crippen LogP contribution is 2.07. The van der Waals surface area contributed by atoms with E-state index >= 15 is 0 Å². The summed E-state index contributed by atoms with van der Waals surface area (Å²) in [6.07, 6.45) is 1.17. The van der Waals surface area contributed by atoms with Gasteiger partial charge < -0.3 is 4.57 Å². The molecule has 1 rings (SSSR count). The average molecular weight is 193 g/mol. The van der Waals surface area contributed by atoms with Crippen molar-refractivity contribution in [3.05, 3.63) is 16.9 Å². The monoisotopic (exact) mass is 192 g/mol. The topological polar surface area (TPSA) is 17.8 Å². The molecule has 1 aromatic heterocycles. The highest BCUT2D eigenvalue weighted by molar-refractivity contribution is 9.10. The van der Waals surface area contributed by atoms with Gasteiger partial charge in [-0.2, -0.15) is 9.37 Å². The molecule has 1 heterocycles. The zero-order chi connectivity index (χ0) is 6.85. The van der Waals surface area contributed by atoms with Gasteiger partial charge in [-0.05, 0) is 22.9 Å². The summed E-state index contributed by atoms with van der Waals surface area (Å²) in [6.45, 7) is 2.47. The summed E-state index contributed by atoms with van der Waals surface area (Å²) in [7, 11) is 0. The first-order chi connectivity index (χ1) is 4.24. The normalized spacial score (nSPS) is 10.1. The predicted molar refractivity (Wildman–Crippen MR) is 35.6 cm³/mol. The molecule has 0 saturated heterocycles. The molecular formula is C5H6BrFN2. The highest BCUT2D eigenvalue weighted by atomic mass is 79.9. The minimum atomic E-state index is -0.440. The molecule has 0 aromatic carbocycles. The minimum absolute atomic E-state index is 0.440. The first-order valence-electron chi connectivity index (χ1n) is 2.62. The number of aryl methyl sites for hydroxylation is 1. The number of hydrogen-bond acceptors (Lipinski definition) is 1. The van der Waals surface area contributed by atoms with Crippen LogP contribution in [0.3, 0.4) is 0 Å². The van der Waals surface area contributed by atoms with Gasteiger partial charge in [0, 0.05) is 12.7 Å². The van der Waals surface area contributed by atoms with E-state index in [4.69, 9.17) is 0 Å². The Hall–Kier alpha value is -0.380. The summed E-state index contributed by atoms with van der Waals surface area (Å²) >= 11 is 3.05. The van der Waals surface area contributed by atoms with E-state index in [1.807, 2.05) is 6.92 Å². The second-order valence-corrected chi connectivity index (χ2v) is 2.43. The quantitative estimate of drug-likeness (QED) is 0.664. The lowest BCUT2D eigenvalue weighted by molar-refractivity contribution is 0.477. The summed E-state index contributed by atoms with van der Waals surface area (Å²) in [5, 5.41) is 0. The Kier molecular flexibility index (Phi) is 1.85. The standard InChI is InChI=1S/C5H6BrFN2/c1-2-9-3-4(6)8-5(9)7/h3H,2H2,1H3. The third-order valence-corrected chi connectivity index (χ3v) is 1.42. The van der Waals surface area contributed by atoms with Crippen molar-refractivity contribution >= 4 is 15.9 Å². The largest absolute Gasteiger partial charge is 0.307 e. The van der Waals surface area contributed by atoms with E-state index in [9.17, 15) is 4.39 Å². The lowest BCUT2D eigenvalue weighted by Crippen LogP contribution is -1.95. The smallest absolute Gasteiger partial charge is 0.290 e. The molecule has 0 amide bonds. The van der Waals surface area contributed by atoms with E-state index in [1.165, 1.54) is 4.57 Å². The molecule has 1 aromatic rings. The zero-order valence-corrected chi connectivity index (χ0v) is 6.52. The molecule has 0 atom stereocenters. The number of nitrogens with zero attached hydrogens (tertiary/aromatic N) is 2. The molecular weight excluding hydrogens is 187 g/mol. The molecule has 0 fully saturated rings. The van der Waals surface area contributed by atoms with Gasteiger partial charge in [-0.25, -0.2) is 0 Å². The Morgan fingerprint density at radius 2 is 2.56 bits per heavy atom. The highest BCUT2D eigenvalue weighted by Gasteiger charge is 2.00. The van der Waals surface area contributed by atoms with Gasteiger partial charge in [0.1, 0.15) is 4.60 Å². The molecule has 0 aliphatic rings. The Bertz CT molecular complexity index is 209. The number of aromatic nitrogens is 2. The Morgan fingerprint density at radius 1 is 1.89 bits per heavy atom. The third kappa shape index (κ3) is 1.30. The maximum absolute atomic E-state index is 12.4. The summed E-state index contributed by atoms with van der Waals surface area (Å²) < 4.78 is 14.4. The first kappa shape index (κ1) is 6.74. The predicted octanol–water partition coefficient (Wildman–Crippen LogP) is 1.80. The molecule has 0 bridgehead atoms. The second-order valence-electron chi connectivity index (χ2n) is 1.62. The number of hydrogen-bond donors (Lipinski definition) is 0. The van der Waals surface area contributed by atoms with Gasteiger partial charge in [0.05, 0.1) is 0 Å². The Morgan fingerprint density at radius 3 is 2.78 bits per heavy atom. The van der Waals surface area contributed by atoms with Crippen molar-refractivity contribution < 1.29 is 4.39 Å². The fraction of sp³-hybridized carbons (Fsp3) is 0.400. The number of rotatable bonds is 1. The molecule has 50 valence electrons. The van der Waals surface area contributed by atoms with Crippen molar-refractivity contribution in [2.75, 3.05) is 0 Å². The van der Waals surface area contributed by atoms with E-state index in [1.54, 1.807) is 6.20 Å². The molecule has 2 nitrogen and oxygen atoms in total. The van der Waals surface area contributed by atoms with Crippen molar-refractivity contribution in [3.63, 3.8) is 0 Å². The van der Waals surface area contributed by atoms with Crippen LogP contribution in [0, 0.1) is 6.08 Å². The van der Waals surface area contributed by atoms with Gasteiger partial charge in [0.2, 0.25) is 0 Å². The Balaban J connectivity index is 3.01. The fourth-order valence-electron chi connectivity index (χ4n) is 0.585. The minimum Gasteiger partial charge on any atom is -0.307 e. The van der Waals surface area contributed by atoms with Crippen LogP contribution in [-0.4, -0.2) is 9.55 Å². The molecule has 0 spiro atoms. The van der Waals surface area contributed by atoms with Crippen molar-refractivity contribution in [2.24, 2.45) is 0 Å². The maximum atomic E-state index is 12.4. The van der Waals surface area contributed by atoms with Gasteiger partial charge in [-0.1, -0.05) is 0 Å². The van der Waals surface area contributed by atoms with Gasteiger partial charge in [-0.3, -0.25) is 0 Å². The molecule has 0 unspecified atom stereocenters. The number of imidazole rings is 1. The van der Waals surface area contributed by atoms with E-state index in [0.29, 0.717) is 11.1 Å². The van der Waals surface area contributed by atoms with Crippen LogP contribution in [0.4, 0.5) is 4.39 Å². The molecule has 0 N–H and O–H groups in total. The van der Waals surface area contributed by atoms with Gasteiger partial charge in [0.25, 0.3) is 6.08 Å². The summed E-state index contributed by atoms with van der Waals surface area (Å²) in [6, 6.07) is 0. The number of halogens is 2. The van der Waals surface area contributed by atoms with Crippen LogP contribution in [0.15, 0.2) is 10.8 Å². The lowest BCUT2D eigenvalue weighted by Gasteiger charge is -1.91. The van der Waals surface area contributed by atoms with Crippen LogP contribution in [0.1, 0.15) is 6.92 Å². The van der Waals surface area contributed by atoms with Crippen LogP contribution in [0.5, 0.6) is 0 Å². The second kappa shape index (κ2) is 2.47. The maximum Gasteiger partial charge on any atom is 0.290 e. The van der Waals surface area contributed by atoms with Crippen LogP contribution in [0.25, 0.3) is 0 Å². The fourth-order valence-corrected chi connectivity index (χ4v) is 0.978. The van der Waals surface area contributed by atoms with Crippen molar-refractivity contribution in [2.45, 2.75) is 13.5 Å². The van der Waals surface area contributed by atoms with Crippen LogP contribution >= 0.6 is 15.9 Å². The SMILES string of the molecule is CCn1cc(Br)nc1F. The first-order valence-corrected chi connectivity index (χ1v) is 3.41. The van der Waals surface area contributed by atoms with Crippen LogP contribution in [0.2, 0.25) is 0 Å². The molecule has 0 radical (unpaired) electrons. The van der Waals surface area contributed by atoms with E-state index < -0.39 is 6.08 Å². The van der Waals surface area contributed by atoms with Crippen molar-refractivity contribution in [1.82, 2.24) is 9.55 Å². The summed E-state index contributed by atoms with van der Waals surface area (Å²) in [4.78, 5) is 3.49. The zero-order valence-electron chi connectivity index (χ0n) is 4.93. The molecule has 0 saturated carbocycles. The van der Waals surface area contributed by atoms with Crippen molar-refractivity contribution in [3.8, 4) is 0 Å². The van der Waals surface area contributed by atoms with E-state index in [2.05, 4.69) is 20.9 Å². The van der Waals surface area contributed by atoms with Crippen LogP contribution < -0.4 is 0 Å². The van der Waals surface area contributed by atoms with Crippen molar-refractivity contribution in [1.29, 1.82) is 0 Å². The molecule has 9 heavy (non-hydrogen) atoms. The van der Waals surface area contributed by atoms with E-state index in [-0.39, 0.29) is 0 Å². The van der Waals surface area contributed by atoms with Crippen LogP contribution in [-0.2, 0) is 6.54 Å². The van der Waals surface area contributed by atoms with E-state index in [0.717, 1.165) is 0 Å². The third-order valence-electron chi connectivity index (χ3n) is 1.04. The summed E-state index contributed by atoms with van der Waals surface area (Å²) in [5.74, 6) is 0. The summed E-state index contributed by atoms with van der Waals surface area (Å²) in [5.41, 5.74) is 0.